The SMILES string of the molecule is Cc1ccccc1C(CC(=O)O)Cc1nc2cc(I)ccc2[nH]1.Cl. The van der Waals surface area contributed by atoms with Crippen molar-refractivity contribution < 1.29 is 9.90 Å². The maximum atomic E-state index is 11.3. The number of aromatic nitrogens is 2. The highest BCUT2D eigenvalue weighted by Gasteiger charge is 2.19. The molecule has 6 heteroatoms. The summed E-state index contributed by atoms with van der Waals surface area (Å²) in [6.45, 7) is 2.02. The van der Waals surface area contributed by atoms with Crippen LogP contribution in [0.2, 0.25) is 0 Å². The number of aliphatic carboxylic acids is 1. The van der Waals surface area contributed by atoms with Crippen LogP contribution in [0.5, 0.6) is 0 Å². The third-order valence-corrected chi connectivity index (χ3v) is 4.65. The van der Waals surface area contributed by atoms with Crippen molar-refractivity contribution in [2.75, 3.05) is 0 Å². The van der Waals surface area contributed by atoms with Gasteiger partial charge in [0.15, 0.2) is 0 Å². The van der Waals surface area contributed by atoms with Crippen LogP contribution in [0.4, 0.5) is 0 Å². The van der Waals surface area contributed by atoms with Gasteiger partial charge in [-0.15, -0.1) is 12.4 Å². The van der Waals surface area contributed by atoms with E-state index in [-0.39, 0.29) is 24.7 Å². The van der Waals surface area contributed by atoms with E-state index in [1.807, 2.05) is 49.4 Å². The van der Waals surface area contributed by atoms with Gasteiger partial charge in [0.05, 0.1) is 17.5 Å². The molecule has 0 spiro atoms. The molecule has 24 heavy (non-hydrogen) atoms. The first-order valence-corrected chi connectivity index (χ1v) is 8.52. The molecule has 1 atom stereocenters. The van der Waals surface area contributed by atoms with Gasteiger partial charge in [-0.25, -0.2) is 4.98 Å². The van der Waals surface area contributed by atoms with Crippen LogP contribution in [-0.4, -0.2) is 21.0 Å². The van der Waals surface area contributed by atoms with Crippen molar-refractivity contribution in [3.63, 3.8) is 0 Å². The van der Waals surface area contributed by atoms with Crippen LogP contribution in [-0.2, 0) is 11.2 Å². The Kier molecular flexibility index (Phi) is 6.23. The Labute approximate surface area is 160 Å². The summed E-state index contributed by atoms with van der Waals surface area (Å²) in [4.78, 5) is 19.2. The predicted octanol–water partition coefficient (Wildman–Crippen LogP) is 4.70. The average molecular weight is 457 g/mol. The van der Waals surface area contributed by atoms with Crippen molar-refractivity contribution >= 4 is 52.0 Å². The number of benzene rings is 2. The van der Waals surface area contributed by atoms with Gasteiger partial charge in [0.1, 0.15) is 5.82 Å². The second-order valence-corrected chi connectivity index (χ2v) is 6.95. The molecule has 0 bridgehead atoms. The standard InChI is InChI=1S/C18H17IN2O2.ClH/c1-11-4-2-3-5-14(11)12(9-18(22)23)8-17-20-15-7-6-13(19)10-16(15)21-17;/h2-7,10,12H,8-9H2,1H3,(H,20,21)(H,22,23);1H. The summed E-state index contributed by atoms with van der Waals surface area (Å²) in [5.41, 5.74) is 4.10. The van der Waals surface area contributed by atoms with E-state index in [4.69, 9.17) is 0 Å². The zero-order valence-corrected chi connectivity index (χ0v) is 16.1. The molecule has 0 fully saturated rings. The maximum absolute atomic E-state index is 11.3. The lowest BCUT2D eigenvalue weighted by Crippen LogP contribution is -2.11. The van der Waals surface area contributed by atoms with E-state index in [0.29, 0.717) is 6.42 Å². The average Bonchev–Trinajstić information content (AvgIpc) is 2.88. The smallest absolute Gasteiger partial charge is 0.303 e. The van der Waals surface area contributed by atoms with Crippen molar-refractivity contribution in [3.8, 4) is 0 Å². The minimum atomic E-state index is -0.788. The van der Waals surface area contributed by atoms with Gasteiger partial charge in [0.2, 0.25) is 0 Å². The number of carboxylic acids is 1. The second kappa shape index (κ2) is 7.98. The minimum Gasteiger partial charge on any atom is -0.481 e. The lowest BCUT2D eigenvalue weighted by atomic mass is 9.89. The number of H-pyrrole nitrogens is 1. The third-order valence-electron chi connectivity index (χ3n) is 3.98. The van der Waals surface area contributed by atoms with Gasteiger partial charge in [-0.1, -0.05) is 24.3 Å². The fourth-order valence-corrected chi connectivity index (χ4v) is 3.38. The summed E-state index contributed by atoms with van der Waals surface area (Å²) >= 11 is 2.26. The molecule has 0 radical (unpaired) electrons. The summed E-state index contributed by atoms with van der Waals surface area (Å²) in [5.74, 6) is -0.0475. The number of carbonyl (C=O) groups is 1. The first-order valence-electron chi connectivity index (χ1n) is 7.44. The zero-order chi connectivity index (χ0) is 16.4. The lowest BCUT2D eigenvalue weighted by molar-refractivity contribution is -0.137. The van der Waals surface area contributed by atoms with Crippen molar-refractivity contribution in [2.24, 2.45) is 0 Å². The van der Waals surface area contributed by atoms with Crippen LogP contribution in [0.15, 0.2) is 42.5 Å². The number of carboxylic acid groups (broad SMARTS) is 1. The van der Waals surface area contributed by atoms with Gasteiger partial charge >= 0.3 is 5.97 Å². The zero-order valence-electron chi connectivity index (χ0n) is 13.1. The molecule has 0 aliphatic heterocycles. The number of nitrogens with zero attached hydrogens (tertiary/aromatic N) is 1. The highest BCUT2D eigenvalue weighted by Crippen LogP contribution is 2.27. The van der Waals surface area contributed by atoms with E-state index < -0.39 is 5.97 Å². The topological polar surface area (TPSA) is 66.0 Å². The first-order chi connectivity index (χ1) is 11.0. The normalized spacial score (nSPS) is 11.9. The molecule has 0 saturated heterocycles. The van der Waals surface area contributed by atoms with Gasteiger partial charge < -0.3 is 10.1 Å². The molecule has 0 aliphatic rings. The van der Waals surface area contributed by atoms with Gasteiger partial charge in [-0.3, -0.25) is 4.79 Å². The molecule has 1 heterocycles. The molecule has 2 aromatic carbocycles. The van der Waals surface area contributed by atoms with Crippen molar-refractivity contribution in [2.45, 2.75) is 25.7 Å². The monoisotopic (exact) mass is 456 g/mol. The second-order valence-electron chi connectivity index (χ2n) is 5.70. The van der Waals surface area contributed by atoms with E-state index in [0.717, 1.165) is 31.6 Å². The largest absolute Gasteiger partial charge is 0.481 e. The van der Waals surface area contributed by atoms with Gasteiger partial charge in [-0.2, -0.15) is 0 Å². The van der Waals surface area contributed by atoms with Gasteiger partial charge in [-0.05, 0) is 58.8 Å². The molecule has 0 saturated carbocycles. The number of halogens is 2. The lowest BCUT2D eigenvalue weighted by Gasteiger charge is -2.16. The van der Waals surface area contributed by atoms with Crippen LogP contribution in [0.3, 0.4) is 0 Å². The predicted molar refractivity (Wildman–Crippen MR) is 106 cm³/mol. The molecule has 1 aromatic heterocycles. The maximum Gasteiger partial charge on any atom is 0.303 e. The first kappa shape index (κ1) is 18.7. The molecule has 126 valence electrons. The quantitative estimate of drug-likeness (QED) is 0.547. The van der Waals surface area contributed by atoms with Crippen LogP contribution in [0.25, 0.3) is 11.0 Å². The Morgan fingerprint density at radius 3 is 2.75 bits per heavy atom. The number of nitrogens with one attached hydrogen (secondary N) is 1. The Morgan fingerprint density at radius 2 is 2.04 bits per heavy atom. The molecule has 3 rings (SSSR count). The Balaban J connectivity index is 0.00000208. The third kappa shape index (κ3) is 4.27. The Hall–Kier alpha value is -1.60. The minimum absolute atomic E-state index is 0. The van der Waals surface area contributed by atoms with E-state index in [1.165, 1.54) is 0 Å². The fourth-order valence-electron chi connectivity index (χ4n) is 2.91. The summed E-state index contributed by atoms with van der Waals surface area (Å²) in [5, 5.41) is 9.26. The number of hydrogen-bond acceptors (Lipinski definition) is 2. The fraction of sp³-hybridized carbons (Fsp3) is 0.222. The molecule has 2 N–H and O–H groups in total. The number of aromatic amines is 1. The van der Waals surface area contributed by atoms with Crippen LogP contribution in [0.1, 0.15) is 29.3 Å². The molecule has 3 aromatic rings. The summed E-state index contributed by atoms with van der Waals surface area (Å²) in [6.07, 6.45) is 0.682. The van der Waals surface area contributed by atoms with Gasteiger partial charge in [0.25, 0.3) is 0 Å². The van der Waals surface area contributed by atoms with Crippen molar-refractivity contribution in [1.29, 1.82) is 0 Å². The van der Waals surface area contributed by atoms with Crippen molar-refractivity contribution in [1.82, 2.24) is 9.97 Å². The molecular formula is C18H18ClIN2O2. The number of fused-ring (bicyclic) bond motifs is 1. The molecule has 1 unspecified atom stereocenters. The van der Waals surface area contributed by atoms with Gasteiger partial charge in [0, 0.05) is 15.9 Å². The number of imidazole rings is 1. The summed E-state index contributed by atoms with van der Waals surface area (Å²) in [6, 6.07) is 14.0. The highest BCUT2D eigenvalue weighted by molar-refractivity contribution is 14.1. The summed E-state index contributed by atoms with van der Waals surface area (Å²) in [7, 11) is 0. The number of hydrogen-bond donors (Lipinski definition) is 2. The molecule has 0 amide bonds. The van der Waals surface area contributed by atoms with E-state index in [1.54, 1.807) is 0 Å². The Bertz CT molecular complexity index is 863. The molecule has 0 aliphatic carbocycles. The van der Waals surface area contributed by atoms with Crippen molar-refractivity contribution in [3.05, 3.63) is 63.0 Å². The molecule has 4 nitrogen and oxygen atoms in total. The molecular weight excluding hydrogens is 439 g/mol. The van der Waals surface area contributed by atoms with E-state index in [2.05, 4.69) is 32.6 Å². The highest BCUT2D eigenvalue weighted by atomic mass is 127. The van der Waals surface area contributed by atoms with Crippen LogP contribution < -0.4 is 0 Å². The Morgan fingerprint density at radius 1 is 1.29 bits per heavy atom. The van der Waals surface area contributed by atoms with E-state index in [9.17, 15) is 9.90 Å². The summed E-state index contributed by atoms with van der Waals surface area (Å²) < 4.78 is 1.13. The number of aryl methyl sites for hydroxylation is 1. The van der Waals surface area contributed by atoms with Crippen LogP contribution in [0, 0.1) is 10.5 Å². The van der Waals surface area contributed by atoms with Crippen LogP contribution >= 0.6 is 35.0 Å². The number of rotatable bonds is 5. The van der Waals surface area contributed by atoms with E-state index >= 15 is 0 Å².